The molecule has 0 fully saturated rings. The van der Waals surface area contributed by atoms with Gasteiger partial charge in [0.25, 0.3) is 0 Å². The average molecular weight is 246 g/mol. The lowest BCUT2D eigenvalue weighted by Crippen LogP contribution is -2.24. The first-order valence-corrected chi connectivity index (χ1v) is 6.07. The maximum atomic E-state index is 12.0. The fraction of sp³-hybridized carbons (Fsp3) is 0.400. The van der Waals surface area contributed by atoms with Gasteiger partial charge in [-0.2, -0.15) is 0 Å². The fourth-order valence-corrected chi connectivity index (χ4v) is 1.75. The molecule has 0 bridgehead atoms. The van der Waals surface area contributed by atoms with Crippen LogP contribution in [-0.2, 0) is 4.79 Å². The third-order valence-corrected chi connectivity index (χ3v) is 2.66. The monoisotopic (exact) mass is 246 g/mol. The Morgan fingerprint density at radius 2 is 1.67 bits per heavy atom. The molecular formula is C15H22N2O. The van der Waals surface area contributed by atoms with Gasteiger partial charge < -0.3 is 9.80 Å². The standard InChI is InChI=1S/C15H22N2O/c1-12-9-13(2)11-14(10-12)17(5)15(18)7-6-8-16(3)4/h6-7,9-11H,8H2,1-5H3/b7-6+. The van der Waals surface area contributed by atoms with Crippen molar-refractivity contribution in [1.82, 2.24) is 4.90 Å². The second-order valence-electron chi connectivity index (χ2n) is 4.91. The lowest BCUT2D eigenvalue weighted by atomic mass is 10.1. The first-order chi connectivity index (χ1) is 8.40. The van der Waals surface area contributed by atoms with Gasteiger partial charge in [-0.3, -0.25) is 4.79 Å². The van der Waals surface area contributed by atoms with Crippen LogP contribution in [0.25, 0.3) is 0 Å². The van der Waals surface area contributed by atoms with E-state index >= 15 is 0 Å². The number of benzene rings is 1. The summed E-state index contributed by atoms with van der Waals surface area (Å²) >= 11 is 0. The van der Waals surface area contributed by atoms with Crippen LogP contribution in [0.5, 0.6) is 0 Å². The van der Waals surface area contributed by atoms with E-state index in [4.69, 9.17) is 0 Å². The zero-order valence-corrected chi connectivity index (χ0v) is 11.9. The van der Waals surface area contributed by atoms with Gasteiger partial charge in [-0.25, -0.2) is 0 Å². The van der Waals surface area contributed by atoms with Gasteiger partial charge in [-0.1, -0.05) is 12.1 Å². The Morgan fingerprint density at radius 3 is 2.17 bits per heavy atom. The molecule has 0 unspecified atom stereocenters. The molecule has 0 spiro atoms. The van der Waals surface area contributed by atoms with Crippen molar-refractivity contribution in [3.63, 3.8) is 0 Å². The van der Waals surface area contributed by atoms with Crippen molar-refractivity contribution < 1.29 is 4.79 Å². The molecule has 0 aliphatic rings. The van der Waals surface area contributed by atoms with Gasteiger partial charge in [-0.15, -0.1) is 0 Å². The number of carbonyl (C=O) groups is 1. The highest BCUT2D eigenvalue weighted by Gasteiger charge is 2.08. The molecule has 0 aliphatic carbocycles. The minimum atomic E-state index is 0.00171. The third-order valence-electron chi connectivity index (χ3n) is 2.66. The molecule has 0 N–H and O–H groups in total. The van der Waals surface area contributed by atoms with Crippen molar-refractivity contribution in [2.45, 2.75) is 13.8 Å². The molecule has 18 heavy (non-hydrogen) atoms. The van der Waals surface area contributed by atoms with Crippen molar-refractivity contribution in [2.24, 2.45) is 0 Å². The van der Waals surface area contributed by atoms with Gasteiger partial charge in [0.2, 0.25) is 5.91 Å². The third kappa shape index (κ3) is 4.34. The molecular weight excluding hydrogens is 224 g/mol. The number of amides is 1. The van der Waals surface area contributed by atoms with E-state index in [9.17, 15) is 4.79 Å². The Balaban J connectivity index is 2.77. The number of likely N-dealkylation sites (N-methyl/N-ethyl adjacent to an activating group) is 2. The van der Waals surface area contributed by atoms with E-state index in [-0.39, 0.29) is 5.91 Å². The summed E-state index contributed by atoms with van der Waals surface area (Å²) in [7, 11) is 5.75. The Labute approximate surface area is 110 Å². The zero-order chi connectivity index (χ0) is 13.7. The lowest BCUT2D eigenvalue weighted by molar-refractivity contribution is -0.113. The second-order valence-corrected chi connectivity index (χ2v) is 4.91. The minimum absolute atomic E-state index is 0.00171. The van der Waals surface area contributed by atoms with E-state index in [0.717, 1.165) is 12.2 Å². The zero-order valence-electron chi connectivity index (χ0n) is 11.9. The molecule has 0 radical (unpaired) electrons. The van der Waals surface area contributed by atoms with E-state index in [2.05, 4.69) is 6.07 Å². The summed E-state index contributed by atoms with van der Waals surface area (Å²) < 4.78 is 0. The molecule has 0 atom stereocenters. The quantitative estimate of drug-likeness (QED) is 0.762. The van der Waals surface area contributed by atoms with E-state index < -0.39 is 0 Å². The summed E-state index contributed by atoms with van der Waals surface area (Å²) in [5, 5.41) is 0. The average Bonchev–Trinajstić information content (AvgIpc) is 2.26. The summed E-state index contributed by atoms with van der Waals surface area (Å²) in [6.07, 6.45) is 3.50. The largest absolute Gasteiger partial charge is 0.312 e. The van der Waals surface area contributed by atoms with Gasteiger partial charge in [0, 0.05) is 25.4 Å². The smallest absolute Gasteiger partial charge is 0.250 e. The van der Waals surface area contributed by atoms with Crippen molar-refractivity contribution in [2.75, 3.05) is 32.6 Å². The van der Waals surface area contributed by atoms with Crippen molar-refractivity contribution in [1.29, 1.82) is 0 Å². The molecule has 0 aliphatic heterocycles. The normalized spacial score (nSPS) is 11.2. The van der Waals surface area contributed by atoms with Crippen LogP contribution < -0.4 is 4.90 Å². The van der Waals surface area contributed by atoms with Crippen LogP contribution in [0.1, 0.15) is 11.1 Å². The highest BCUT2D eigenvalue weighted by Crippen LogP contribution is 2.17. The molecule has 0 saturated heterocycles. The number of hydrogen-bond donors (Lipinski definition) is 0. The molecule has 1 aromatic rings. The fourth-order valence-electron chi connectivity index (χ4n) is 1.75. The molecule has 0 aromatic heterocycles. The van der Waals surface area contributed by atoms with Gasteiger partial charge in [0.1, 0.15) is 0 Å². The number of rotatable bonds is 4. The van der Waals surface area contributed by atoms with Gasteiger partial charge in [-0.05, 0) is 51.2 Å². The van der Waals surface area contributed by atoms with E-state index in [0.29, 0.717) is 0 Å². The SMILES string of the molecule is Cc1cc(C)cc(N(C)C(=O)/C=C/CN(C)C)c1. The Kier molecular flexibility index (Phi) is 5.10. The number of nitrogens with zero attached hydrogens (tertiary/aromatic N) is 2. The van der Waals surface area contributed by atoms with E-state index in [1.165, 1.54) is 11.1 Å². The number of anilines is 1. The molecule has 0 heterocycles. The molecule has 3 heteroatoms. The maximum absolute atomic E-state index is 12.0. The van der Waals surface area contributed by atoms with Crippen LogP contribution in [0.4, 0.5) is 5.69 Å². The maximum Gasteiger partial charge on any atom is 0.250 e. The Morgan fingerprint density at radius 1 is 1.11 bits per heavy atom. The van der Waals surface area contributed by atoms with Crippen molar-refractivity contribution in [3.8, 4) is 0 Å². The topological polar surface area (TPSA) is 23.6 Å². The van der Waals surface area contributed by atoms with Crippen molar-refractivity contribution in [3.05, 3.63) is 41.5 Å². The highest BCUT2D eigenvalue weighted by molar-refractivity contribution is 6.01. The first-order valence-electron chi connectivity index (χ1n) is 6.07. The van der Waals surface area contributed by atoms with E-state index in [1.54, 1.807) is 18.0 Å². The van der Waals surface area contributed by atoms with Crippen LogP contribution in [0.15, 0.2) is 30.4 Å². The van der Waals surface area contributed by atoms with Gasteiger partial charge in [0.05, 0.1) is 0 Å². The molecule has 98 valence electrons. The summed E-state index contributed by atoms with van der Waals surface area (Å²) in [4.78, 5) is 15.7. The van der Waals surface area contributed by atoms with Crippen LogP contribution in [0.2, 0.25) is 0 Å². The second kappa shape index (κ2) is 6.36. The molecule has 1 aromatic carbocycles. The summed E-state index contributed by atoms with van der Waals surface area (Å²) in [6, 6.07) is 6.14. The van der Waals surface area contributed by atoms with Crippen LogP contribution in [-0.4, -0.2) is 38.5 Å². The van der Waals surface area contributed by atoms with E-state index in [1.807, 2.05) is 51.1 Å². The molecule has 1 amide bonds. The highest BCUT2D eigenvalue weighted by atomic mass is 16.2. The van der Waals surface area contributed by atoms with Crippen molar-refractivity contribution >= 4 is 11.6 Å². The van der Waals surface area contributed by atoms with Gasteiger partial charge >= 0.3 is 0 Å². The number of carbonyl (C=O) groups excluding carboxylic acids is 1. The summed E-state index contributed by atoms with van der Waals surface area (Å²) in [6.45, 7) is 4.85. The lowest BCUT2D eigenvalue weighted by Gasteiger charge is -2.17. The molecule has 1 rings (SSSR count). The minimum Gasteiger partial charge on any atom is -0.312 e. The number of aryl methyl sites for hydroxylation is 2. The first kappa shape index (κ1) is 14.5. The molecule has 0 saturated carbocycles. The van der Waals surface area contributed by atoms with Gasteiger partial charge in [0.15, 0.2) is 0 Å². The predicted octanol–water partition coefficient (Wildman–Crippen LogP) is 2.38. The Hall–Kier alpha value is -1.61. The summed E-state index contributed by atoms with van der Waals surface area (Å²) in [5.41, 5.74) is 3.27. The number of hydrogen-bond acceptors (Lipinski definition) is 2. The Bertz CT molecular complexity index is 430. The van der Waals surface area contributed by atoms with Crippen LogP contribution in [0.3, 0.4) is 0 Å². The van der Waals surface area contributed by atoms with Crippen LogP contribution >= 0.6 is 0 Å². The van der Waals surface area contributed by atoms with Crippen LogP contribution in [0, 0.1) is 13.8 Å². The predicted molar refractivity (Wildman–Crippen MR) is 77.0 cm³/mol. The summed E-state index contributed by atoms with van der Waals surface area (Å²) in [5.74, 6) is 0.00171. The molecule has 3 nitrogen and oxygen atoms in total.